The molecule has 0 spiro atoms. The highest BCUT2D eigenvalue weighted by Gasteiger charge is 2.37. The number of hydrogen-bond donors (Lipinski definition) is 3. The van der Waals surface area contributed by atoms with Gasteiger partial charge in [-0.1, -0.05) is 11.3 Å². The molecule has 0 aliphatic carbocycles. The van der Waals surface area contributed by atoms with Crippen LogP contribution in [0, 0.1) is 6.42 Å². The average molecular weight is 384 g/mol. The second-order valence-electron chi connectivity index (χ2n) is 7.49. The summed E-state index contributed by atoms with van der Waals surface area (Å²) in [6, 6.07) is 5.50. The van der Waals surface area contributed by atoms with E-state index in [1.54, 1.807) is 11.3 Å². The van der Waals surface area contributed by atoms with Gasteiger partial charge in [-0.15, -0.1) is 5.10 Å². The number of primary amides is 1. The Morgan fingerprint density at radius 1 is 1.25 bits per heavy atom. The smallest absolute Gasteiger partial charge is 0.240 e. The summed E-state index contributed by atoms with van der Waals surface area (Å²) in [5.74, 6) is -0.562. The Kier molecular flexibility index (Phi) is 5.54. The first-order chi connectivity index (χ1) is 13.6. The van der Waals surface area contributed by atoms with Crippen molar-refractivity contribution >= 4 is 22.8 Å². The number of fused-ring (bicyclic) bond motifs is 1. The molecular weight excluding hydrogens is 358 g/mol. The van der Waals surface area contributed by atoms with Crippen LogP contribution in [0.2, 0.25) is 0 Å². The van der Waals surface area contributed by atoms with Gasteiger partial charge in [0.15, 0.2) is 0 Å². The molecule has 1 aromatic heterocycles. The van der Waals surface area contributed by atoms with E-state index in [9.17, 15) is 9.59 Å². The number of piperidine rings is 1. The molecule has 2 fully saturated rings. The molecule has 3 heterocycles. The fourth-order valence-electron chi connectivity index (χ4n) is 4.20. The summed E-state index contributed by atoms with van der Waals surface area (Å²) in [6.07, 6.45) is 3.58. The molecule has 2 aromatic rings. The van der Waals surface area contributed by atoms with Crippen molar-refractivity contribution in [3.63, 3.8) is 0 Å². The van der Waals surface area contributed by atoms with Gasteiger partial charge in [-0.2, -0.15) is 0 Å². The second-order valence-corrected chi connectivity index (χ2v) is 7.49. The molecule has 0 bridgehead atoms. The van der Waals surface area contributed by atoms with E-state index in [4.69, 9.17) is 5.73 Å². The summed E-state index contributed by atoms with van der Waals surface area (Å²) in [6.45, 7) is 4.43. The Morgan fingerprint density at radius 2 is 2.07 bits per heavy atom. The van der Waals surface area contributed by atoms with Crippen molar-refractivity contribution in [3.8, 4) is 0 Å². The summed E-state index contributed by atoms with van der Waals surface area (Å²) in [5.41, 5.74) is 8.25. The summed E-state index contributed by atoms with van der Waals surface area (Å²) in [4.78, 5) is 28.9. The highest BCUT2D eigenvalue weighted by molar-refractivity contribution is 5.91. The summed E-state index contributed by atoms with van der Waals surface area (Å²) >= 11 is 0. The van der Waals surface area contributed by atoms with Gasteiger partial charge >= 0.3 is 0 Å². The van der Waals surface area contributed by atoms with Crippen molar-refractivity contribution < 1.29 is 9.59 Å². The van der Waals surface area contributed by atoms with E-state index in [1.807, 2.05) is 18.2 Å². The Labute approximate surface area is 163 Å². The quantitative estimate of drug-likeness (QED) is 0.636. The van der Waals surface area contributed by atoms with E-state index in [-0.39, 0.29) is 5.91 Å². The molecule has 1 radical (unpaired) electrons. The largest absolute Gasteiger partial charge is 0.368 e. The van der Waals surface area contributed by atoms with Crippen LogP contribution < -0.4 is 11.1 Å². The van der Waals surface area contributed by atoms with Crippen molar-refractivity contribution in [3.05, 3.63) is 30.2 Å². The van der Waals surface area contributed by atoms with Gasteiger partial charge in [0.2, 0.25) is 11.8 Å². The van der Waals surface area contributed by atoms with Crippen LogP contribution >= 0.6 is 0 Å². The standard InChI is InChI=1S/C19H26N7O2/c20-19(28)17-12-14(25-9-6-21-7-10-25)5-8-26(17)18(27)4-2-13-1-3-15-16(11-13)23-24-22-15/h1,3-4,11,14,17,21H,2,5-10,12H2,(H2,20,28)(H,22,23,24). The Balaban J connectivity index is 1.37. The van der Waals surface area contributed by atoms with Crippen molar-refractivity contribution in [2.24, 2.45) is 5.73 Å². The number of benzene rings is 1. The third-order valence-corrected chi connectivity index (χ3v) is 5.76. The minimum Gasteiger partial charge on any atom is -0.368 e. The number of hydrogen-bond acceptors (Lipinski definition) is 6. The monoisotopic (exact) mass is 384 g/mol. The Hall–Kier alpha value is -2.52. The molecule has 1 aromatic carbocycles. The van der Waals surface area contributed by atoms with Crippen molar-refractivity contribution in [2.45, 2.75) is 31.3 Å². The van der Waals surface area contributed by atoms with E-state index in [0.717, 1.165) is 49.2 Å². The van der Waals surface area contributed by atoms with Crippen LogP contribution in [0.25, 0.3) is 11.0 Å². The van der Waals surface area contributed by atoms with E-state index in [0.29, 0.717) is 25.4 Å². The number of piperazine rings is 1. The number of nitrogens with one attached hydrogen (secondary N) is 2. The van der Waals surface area contributed by atoms with Gasteiger partial charge in [-0.05, 0) is 37.0 Å². The summed E-state index contributed by atoms with van der Waals surface area (Å²) in [5, 5.41) is 13.9. The lowest BCUT2D eigenvalue weighted by molar-refractivity contribution is -0.140. The SMILES string of the molecule is NC(=O)C1CC(N2CCNCC2)CCN1C(=O)[CH]Cc1ccc2[nH]nnc2c1. The van der Waals surface area contributed by atoms with Gasteiger partial charge in [-0.25, -0.2) is 0 Å². The molecule has 0 saturated carbocycles. The van der Waals surface area contributed by atoms with Crippen molar-refractivity contribution in [1.82, 2.24) is 30.5 Å². The molecule has 149 valence electrons. The predicted octanol–water partition coefficient (Wildman–Crippen LogP) is -0.545. The fraction of sp³-hybridized carbons (Fsp3) is 0.526. The van der Waals surface area contributed by atoms with E-state index in [1.165, 1.54) is 0 Å². The molecule has 4 N–H and O–H groups in total. The lowest BCUT2D eigenvalue weighted by Crippen LogP contribution is -2.58. The molecule has 9 heteroatoms. The number of H-pyrrole nitrogens is 1. The highest BCUT2D eigenvalue weighted by atomic mass is 16.2. The van der Waals surface area contributed by atoms with Crippen LogP contribution in [0.1, 0.15) is 18.4 Å². The first kappa shape index (κ1) is 18.8. The summed E-state index contributed by atoms with van der Waals surface area (Å²) in [7, 11) is 0. The van der Waals surface area contributed by atoms with Gasteiger partial charge in [0, 0.05) is 38.8 Å². The van der Waals surface area contributed by atoms with Gasteiger partial charge in [-0.3, -0.25) is 19.6 Å². The molecular formula is C19H26N7O2. The van der Waals surface area contributed by atoms with Gasteiger partial charge < -0.3 is 16.0 Å². The van der Waals surface area contributed by atoms with Crippen LogP contribution in [0.3, 0.4) is 0 Å². The molecule has 28 heavy (non-hydrogen) atoms. The van der Waals surface area contributed by atoms with Gasteiger partial charge in [0.25, 0.3) is 0 Å². The number of aromatic nitrogens is 3. The number of nitrogens with two attached hydrogens (primary N) is 1. The minimum atomic E-state index is -0.546. The maximum atomic E-state index is 12.8. The van der Waals surface area contributed by atoms with E-state index in [2.05, 4.69) is 25.6 Å². The normalized spacial score (nSPS) is 23.8. The van der Waals surface area contributed by atoms with Gasteiger partial charge in [0.1, 0.15) is 11.6 Å². The zero-order chi connectivity index (χ0) is 19.5. The second kappa shape index (κ2) is 8.24. The Morgan fingerprint density at radius 3 is 2.86 bits per heavy atom. The Bertz CT molecular complexity index is 846. The third-order valence-electron chi connectivity index (χ3n) is 5.76. The number of amides is 2. The molecule has 2 aliphatic rings. The van der Waals surface area contributed by atoms with Crippen molar-refractivity contribution in [2.75, 3.05) is 32.7 Å². The maximum Gasteiger partial charge on any atom is 0.240 e. The number of carbonyl (C=O) groups is 2. The number of nitrogens with zero attached hydrogens (tertiary/aromatic N) is 4. The molecule has 4 rings (SSSR count). The van der Waals surface area contributed by atoms with Crippen molar-refractivity contribution in [1.29, 1.82) is 0 Å². The third kappa shape index (κ3) is 4.00. The van der Waals surface area contributed by atoms with E-state index < -0.39 is 11.9 Å². The molecule has 9 nitrogen and oxygen atoms in total. The van der Waals surface area contributed by atoms with E-state index >= 15 is 0 Å². The maximum absolute atomic E-state index is 12.8. The van der Waals surface area contributed by atoms with Crippen LogP contribution in [0.4, 0.5) is 0 Å². The molecule has 2 amide bonds. The zero-order valence-electron chi connectivity index (χ0n) is 15.8. The fourth-order valence-corrected chi connectivity index (χ4v) is 4.20. The number of aromatic amines is 1. The van der Waals surface area contributed by atoms with Crippen LogP contribution in [-0.2, 0) is 16.0 Å². The first-order valence-corrected chi connectivity index (χ1v) is 9.79. The number of likely N-dealkylation sites (tertiary alicyclic amines) is 1. The highest BCUT2D eigenvalue weighted by Crippen LogP contribution is 2.23. The lowest BCUT2D eigenvalue weighted by Gasteiger charge is -2.43. The molecule has 2 aliphatic heterocycles. The topological polar surface area (TPSA) is 120 Å². The first-order valence-electron chi connectivity index (χ1n) is 9.79. The lowest BCUT2D eigenvalue weighted by atomic mass is 9.94. The number of rotatable bonds is 5. The summed E-state index contributed by atoms with van der Waals surface area (Å²) < 4.78 is 0. The predicted molar refractivity (Wildman–Crippen MR) is 104 cm³/mol. The van der Waals surface area contributed by atoms with Crippen LogP contribution in [-0.4, -0.2) is 81.8 Å². The van der Waals surface area contributed by atoms with Crippen LogP contribution in [0.5, 0.6) is 0 Å². The average Bonchev–Trinajstić information content (AvgIpc) is 3.20. The molecule has 2 atom stereocenters. The minimum absolute atomic E-state index is 0.136. The van der Waals surface area contributed by atoms with Gasteiger partial charge in [0.05, 0.1) is 11.9 Å². The number of carbonyl (C=O) groups excluding carboxylic acids is 2. The van der Waals surface area contributed by atoms with Crippen LogP contribution in [0.15, 0.2) is 18.2 Å². The zero-order valence-corrected chi connectivity index (χ0v) is 15.8. The molecule has 2 unspecified atom stereocenters. The molecule has 2 saturated heterocycles.